The van der Waals surface area contributed by atoms with Crippen LogP contribution in [0.1, 0.15) is 54.9 Å². The predicted molar refractivity (Wildman–Crippen MR) is 92.4 cm³/mol. The van der Waals surface area contributed by atoms with E-state index >= 15 is 0 Å². The molecule has 1 N–H and O–H groups in total. The number of nitrogens with zero attached hydrogens (tertiary/aromatic N) is 1. The van der Waals surface area contributed by atoms with Gasteiger partial charge in [0.05, 0.1) is 13.2 Å². The van der Waals surface area contributed by atoms with Crippen molar-refractivity contribution in [1.82, 2.24) is 10.4 Å². The Kier molecular flexibility index (Phi) is 6.68. The number of esters is 2. The van der Waals surface area contributed by atoms with E-state index in [2.05, 4.69) is 5.43 Å². The summed E-state index contributed by atoms with van der Waals surface area (Å²) in [5.41, 5.74) is -1.89. The van der Waals surface area contributed by atoms with Crippen LogP contribution in [0.4, 0.5) is 9.59 Å². The molecule has 0 spiro atoms. The van der Waals surface area contributed by atoms with E-state index in [1.54, 1.807) is 48.5 Å². The van der Waals surface area contributed by atoms with Gasteiger partial charge in [0.1, 0.15) is 11.2 Å². The lowest BCUT2D eigenvalue weighted by molar-refractivity contribution is -0.168. The van der Waals surface area contributed by atoms with Crippen LogP contribution in [0.25, 0.3) is 0 Å². The van der Waals surface area contributed by atoms with Crippen molar-refractivity contribution in [3.05, 3.63) is 0 Å². The Labute approximate surface area is 158 Å². The summed E-state index contributed by atoms with van der Waals surface area (Å²) in [7, 11) is 0. The van der Waals surface area contributed by atoms with Crippen LogP contribution >= 0.6 is 0 Å². The van der Waals surface area contributed by atoms with Gasteiger partial charge < -0.3 is 18.9 Å². The molecule has 10 heteroatoms. The van der Waals surface area contributed by atoms with Crippen LogP contribution in [0.2, 0.25) is 0 Å². The molecule has 1 fully saturated rings. The number of carbonyl (C=O) groups is 4. The van der Waals surface area contributed by atoms with Gasteiger partial charge in [0.25, 0.3) is 5.54 Å². The highest BCUT2D eigenvalue weighted by Gasteiger charge is 2.61. The Hall–Kier alpha value is -2.52. The maximum absolute atomic E-state index is 12.7. The lowest BCUT2D eigenvalue weighted by atomic mass is 9.97. The van der Waals surface area contributed by atoms with Gasteiger partial charge in [0.15, 0.2) is 0 Å². The van der Waals surface area contributed by atoms with E-state index < -0.39 is 40.9 Å². The normalized spacial score (nSPS) is 19.7. The van der Waals surface area contributed by atoms with Crippen LogP contribution < -0.4 is 5.43 Å². The van der Waals surface area contributed by atoms with Gasteiger partial charge >= 0.3 is 24.1 Å². The molecule has 1 aliphatic rings. The molecule has 27 heavy (non-hydrogen) atoms. The fraction of sp³-hybridized carbons (Fsp3) is 0.765. The molecule has 0 aliphatic carbocycles. The minimum atomic E-state index is -2.20. The van der Waals surface area contributed by atoms with Crippen LogP contribution in [-0.2, 0) is 28.5 Å². The number of hydrazine groups is 1. The van der Waals surface area contributed by atoms with E-state index in [1.807, 2.05) is 0 Å². The maximum atomic E-state index is 12.7. The monoisotopic (exact) mass is 388 g/mol. The van der Waals surface area contributed by atoms with Crippen molar-refractivity contribution in [2.45, 2.75) is 71.6 Å². The van der Waals surface area contributed by atoms with Gasteiger partial charge in [-0.25, -0.2) is 24.6 Å². The second-order valence-corrected chi connectivity index (χ2v) is 7.90. The van der Waals surface area contributed by atoms with E-state index in [-0.39, 0.29) is 19.6 Å². The van der Waals surface area contributed by atoms with Gasteiger partial charge in [-0.05, 0) is 48.5 Å². The van der Waals surface area contributed by atoms with Crippen molar-refractivity contribution >= 4 is 24.1 Å². The smallest absolute Gasteiger partial charge is 0.430 e. The van der Waals surface area contributed by atoms with Crippen LogP contribution in [0.5, 0.6) is 0 Å². The van der Waals surface area contributed by atoms with Gasteiger partial charge in [-0.3, -0.25) is 0 Å². The summed E-state index contributed by atoms with van der Waals surface area (Å²) in [5, 5.41) is 0.500. The fourth-order valence-electron chi connectivity index (χ4n) is 2.24. The summed E-state index contributed by atoms with van der Waals surface area (Å²) in [4.78, 5) is 50.0. The summed E-state index contributed by atoms with van der Waals surface area (Å²) in [6.07, 6.45) is -2.38. The third-order valence-electron chi connectivity index (χ3n) is 3.21. The van der Waals surface area contributed by atoms with Crippen molar-refractivity contribution in [2.24, 2.45) is 0 Å². The third kappa shape index (κ3) is 5.73. The number of hydrogen-bond donors (Lipinski definition) is 1. The number of ether oxygens (including phenoxy) is 4. The molecule has 0 bridgehead atoms. The molecule has 0 aromatic rings. The molecule has 1 rings (SSSR count). The molecule has 2 amide bonds. The molecule has 1 aliphatic heterocycles. The van der Waals surface area contributed by atoms with E-state index in [1.165, 1.54) is 0 Å². The molecule has 1 saturated heterocycles. The number of carbonyl (C=O) groups excluding carboxylic acids is 4. The van der Waals surface area contributed by atoms with Crippen LogP contribution in [0, 0.1) is 0 Å². The summed E-state index contributed by atoms with van der Waals surface area (Å²) in [6, 6.07) is 0. The van der Waals surface area contributed by atoms with E-state index in [0.717, 1.165) is 0 Å². The summed E-state index contributed by atoms with van der Waals surface area (Å²) < 4.78 is 20.2. The zero-order valence-corrected chi connectivity index (χ0v) is 16.8. The fourth-order valence-corrected chi connectivity index (χ4v) is 2.24. The molecule has 0 aromatic carbocycles. The van der Waals surface area contributed by atoms with Crippen LogP contribution in [0.3, 0.4) is 0 Å². The topological polar surface area (TPSA) is 120 Å². The Bertz CT molecular complexity index is 605. The summed E-state index contributed by atoms with van der Waals surface area (Å²) in [5.74, 6) is -2.06. The van der Waals surface area contributed by atoms with E-state index in [4.69, 9.17) is 18.9 Å². The van der Waals surface area contributed by atoms with Crippen molar-refractivity contribution < 1.29 is 38.1 Å². The van der Waals surface area contributed by atoms with E-state index in [0.29, 0.717) is 5.01 Å². The molecule has 0 radical (unpaired) electrons. The minimum Gasteiger partial charge on any atom is -0.464 e. The molecular formula is C17H28N2O8. The first-order valence-electron chi connectivity index (χ1n) is 8.60. The lowest BCUT2D eigenvalue weighted by Crippen LogP contribution is -2.67. The van der Waals surface area contributed by atoms with Crippen LogP contribution in [-0.4, -0.2) is 59.1 Å². The second kappa shape index (κ2) is 8.01. The first-order valence-corrected chi connectivity index (χ1v) is 8.60. The molecule has 1 atom stereocenters. The Morgan fingerprint density at radius 2 is 1.67 bits per heavy atom. The maximum Gasteiger partial charge on any atom is 0.430 e. The van der Waals surface area contributed by atoms with Gasteiger partial charge in [0.2, 0.25) is 0 Å². The Balaban J connectivity index is 3.31. The van der Waals surface area contributed by atoms with Crippen molar-refractivity contribution in [1.29, 1.82) is 0 Å². The zero-order valence-electron chi connectivity index (χ0n) is 16.8. The average molecular weight is 388 g/mol. The van der Waals surface area contributed by atoms with Crippen LogP contribution in [0.15, 0.2) is 0 Å². The lowest BCUT2D eigenvalue weighted by Gasteiger charge is -2.36. The van der Waals surface area contributed by atoms with Crippen molar-refractivity contribution in [3.63, 3.8) is 0 Å². The zero-order chi connectivity index (χ0) is 21.0. The first kappa shape index (κ1) is 22.5. The standard InChI is InChI=1S/C17H28N2O8/c1-8-24-11(20)17(9-10-25-12(17)21)19(14(23)27-16(5,6)7)18-13(22)26-15(2,3)4/h8-10H2,1-7H3,(H,18,22). The van der Waals surface area contributed by atoms with E-state index in [9.17, 15) is 19.2 Å². The summed E-state index contributed by atoms with van der Waals surface area (Å²) in [6.45, 7) is 11.0. The highest BCUT2D eigenvalue weighted by atomic mass is 16.6. The highest BCUT2D eigenvalue weighted by Crippen LogP contribution is 2.30. The molecule has 154 valence electrons. The predicted octanol–water partition coefficient (Wildman–Crippen LogP) is 1.91. The largest absolute Gasteiger partial charge is 0.464 e. The van der Waals surface area contributed by atoms with Gasteiger partial charge in [0, 0.05) is 6.42 Å². The molecular weight excluding hydrogens is 360 g/mol. The van der Waals surface area contributed by atoms with Gasteiger partial charge in [-0.1, -0.05) is 0 Å². The van der Waals surface area contributed by atoms with Crippen molar-refractivity contribution in [3.8, 4) is 0 Å². The SMILES string of the molecule is CCOC(=O)C1(N(NC(=O)OC(C)(C)C)C(=O)OC(C)(C)C)CCOC1=O. The van der Waals surface area contributed by atoms with Crippen molar-refractivity contribution in [2.75, 3.05) is 13.2 Å². The highest BCUT2D eigenvalue weighted by molar-refractivity contribution is 6.08. The summed E-state index contributed by atoms with van der Waals surface area (Å²) >= 11 is 0. The number of nitrogens with one attached hydrogen (secondary N) is 1. The molecule has 0 saturated carbocycles. The molecule has 0 aromatic heterocycles. The molecule has 1 unspecified atom stereocenters. The van der Waals surface area contributed by atoms with Gasteiger partial charge in [-0.15, -0.1) is 0 Å². The second-order valence-electron chi connectivity index (χ2n) is 7.90. The molecule has 1 heterocycles. The number of cyclic esters (lactones) is 1. The number of rotatable bonds is 3. The number of amides is 2. The first-order chi connectivity index (χ1) is 12.2. The minimum absolute atomic E-state index is 0.0392. The van der Waals surface area contributed by atoms with Gasteiger partial charge in [-0.2, -0.15) is 5.01 Å². The molecule has 10 nitrogen and oxygen atoms in total. The number of hydrogen-bond acceptors (Lipinski definition) is 8. The Morgan fingerprint density at radius 3 is 2.07 bits per heavy atom. The average Bonchev–Trinajstić information content (AvgIpc) is 2.83. The Morgan fingerprint density at radius 1 is 1.11 bits per heavy atom. The third-order valence-corrected chi connectivity index (χ3v) is 3.21. The quantitative estimate of drug-likeness (QED) is 0.337.